The molecule has 0 fully saturated rings. The summed E-state index contributed by atoms with van der Waals surface area (Å²) in [6.07, 6.45) is 0. The van der Waals surface area contributed by atoms with E-state index in [9.17, 15) is 0 Å². The number of anilines is 3. The summed E-state index contributed by atoms with van der Waals surface area (Å²) in [6, 6.07) is 61.9. The lowest BCUT2D eigenvalue weighted by Crippen LogP contribution is -2.10. The molecular weight excluding hydrogens is 773 g/mol. The van der Waals surface area contributed by atoms with E-state index in [1.165, 1.54) is 0 Å². The Hall–Kier alpha value is -8.46. The summed E-state index contributed by atoms with van der Waals surface area (Å²) in [4.78, 5) is 2.06. The van der Waals surface area contributed by atoms with Gasteiger partial charge in [-0.3, -0.25) is 0 Å². The zero-order valence-electron chi connectivity index (χ0n) is 44.4. The third kappa shape index (κ3) is 6.52. The van der Waals surface area contributed by atoms with E-state index in [2.05, 4.69) is 137 Å². The van der Waals surface area contributed by atoms with Crippen LogP contribution in [0.5, 0.6) is 0 Å². The monoisotopic (exact) mass is 824 g/mol. The molecule has 1 heterocycles. The van der Waals surface area contributed by atoms with Gasteiger partial charge in [-0.15, -0.1) is 0 Å². The molecule has 64 heavy (non-hydrogen) atoms. The second-order valence-electron chi connectivity index (χ2n) is 15.8. The normalized spacial score (nSPS) is 13.6. The Labute approximate surface area is 387 Å². The Morgan fingerprint density at radius 1 is 0.344 bits per heavy atom. The number of hydrogen-bond acceptors (Lipinski definition) is 1. The van der Waals surface area contributed by atoms with Crippen molar-refractivity contribution in [2.45, 2.75) is 0 Å². The molecule has 0 N–H and O–H groups in total. The molecule has 12 rings (SSSR count). The van der Waals surface area contributed by atoms with E-state index >= 15 is 0 Å². The van der Waals surface area contributed by atoms with Crippen molar-refractivity contribution in [2.75, 3.05) is 4.90 Å². The van der Waals surface area contributed by atoms with Gasteiger partial charge in [-0.25, -0.2) is 0 Å². The van der Waals surface area contributed by atoms with E-state index in [0.717, 1.165) is 77.0 Å². The van der Waals surface area contributed by atoms with E-state index in [-0.39, 0.29) is 35.3 Å². The zero-order chi connectivity index (χ0) is 51.1. The fourth-order valence-corrected chi connectivity index (χ4v) is 9.15. The first-order valence-corrected chi connectivity index (χ1v) is 21.2. The Kier molecular flexibility index (Phi) is 6.95. The van der Waals surface area contributed by atoms with Gasteiger partial charge in [-0.2, -0.15) is 0 Å². The van der Waals surface area contributed by atoms with Crippen molar-refractivity contribution in [3.8, 4) is 50.2 Å². The minimum absolute atomic E-state index is 0.0975. The number of fused-ring (bicyclic) bond motifs is 6. The van der Waals surface area contributed by atoms with E-state index in [1.807, 2.05) is 42.5 Å². The Morgan fingerprint density at radius 3 is 1.52 bits per heavy atom. The van der Waals surface area contributed by atoms with Crippen LogP contribution in [0.2, 0.25) is 0 Å². The molecule has 11 aromatic carbocycles. The van der Waals surface area contributed by atoms with Crippen LogP contribution in [0.1, 0.15) is 13.7 Å². The molecular formula is C62H42N2. The van der Waals surface area contributed by atoms with E-state index in [4.69, 9.17) is 13.7 Å². The molecule has 0 radical (unpaired) electrons. The Balaban J connectivity index is 1.03. The lowest BCUT2D eigenvalue weighted by atomic mass is 9.95. The highest BCUT2D eigenvalue weighted by Gasteiger charge is 2.20. The molecule has 12 aromatic rings. The topological polar surface area (TPSA) is 8.17 Å². The van der Waals surface area contributed by atoms with Crippen LogP contribution in [0.25, 0.3) is 93.5 Å². The fourth-order valence-electron chi connectivity index (χ4n) is 9.15. The van der Waals surface area contributed by atoms with E-state index < -0.39 is 36.3 Å². The van der Waals surface area contributed by atoms with Crippen molar-refractivity contribution in [3.63, 3.8) is 0 Å². The van der Waals surface area contributed by atoms with Crippen LogP contribution in [0.15, 0.2) is 255 Å². The average Bonchev–Trinajstić information content (AvgIpc) is 3.79. The number of hydrogen-bond donors (Lipinski definition) is 0. The highest BCUT2D eigenvalue weighted by Crippen LogP contribution is 2.44. The second kappa shape index (κ2) is 15.8. The van der Waals surface area contributed by atoms with Crippen molar-refractivity contribution in [3.05, 3.63) is 255 Å². The SMILES string of the molecule is [2H]c1c([2H])c([2H])c(-c2ccc(N(c3ccc(-c4c([2H])c([2H])c([2H])c([2H])c4[2H])cc3)c3ccc(-c4ccc5c6ccc7ccccc7c6n(-c6ccc(-c7ccccc7)cc6)c5c4)c4ccccc34)cc2)c([2H])c1[2H]. The summed E-state index contributed by atoms with van der Waals surface area (Å²) in [5.74, 6) is 0. The third-order valence-electron chi connectivity index (χ3n) is 12.2. The smallest absolute Gasteiger partial charge is 0.0629 e. The summed E-state index contributed by atoms with van der Waals surface area (Å²) in [6.45, 7) is 0. The van der Waals surface area contributed by atoms with Gasteiger partial charge < -0.3 is 9.47 Å². The van der Waals surface area contributed by atoms with Gasteiger partial charge in [0, 0.05) is 38.6 Å². The first kappa shape index (κ1) is 28.2. The summed E-state index contributed by atoms with van der Waals surface area (Å²) in [5.41, 5.74) is 10.9. The van der Waals surface area contributed by atoms with Gasteiger partial charge in [0.1, 0.15) is 0 Å². The van der Waals surface area contributed by atoms with Crippen LogP contribution in [0.3, 0.4) is 0 Å². The maximum absolute atomic E-state index is 8.67. The zero-order valence-corrected chi connectivity index (χ0v) is 34.4. The quantitative estimate of drug-likeness (QED) is 0.148. The highest BCUT2D eigenvalue weighted by atomic mass is 15.1. The van der Waals surface area contributed by atoms with Crippen LogP contribution in [-0.4, -0.2) is 4.57 Å². The minimum atomic E-state index is -0.460. The minimum Gasteiger partial charge on any atom is -0.310 e. The molecule has 0 aliphatic carbocycles. The second-order valence-corrected chi connectivity index (χ2v) is 15.8. The Morgan fingerprint density at radius 2 is 0.859 bits per heavy atom. The Bertz CT molecular complexity index is 4060. The summed E-state index contributed by atoms with van der Waals surface area (Å²) in [5, 5.41) is 6.52. The number of rotatable bonds is 8. The van der Waals surface area contributed by atoms with Gasteiger partial charge >= 0.3 is 0 Å². The van der Waals surface area contributed by atoms with Crippen LogP contribution in [0.4, 0.5) is 17.1 Å². The predicted molar refractivity (Wildman–Crippen MR) is 272 cm³/mol. The molecule has 0 unspecified atom stereocenters. The lowest BCUT2D eigenvalue weighted by molar-refractivity contribution is 1.19. The molecule has 0 aliphatic rings. The number of nitrogens with zero attached hydrogens (tertiary/aromatic N) is 2. The van der Waals surface area contributed by atoms with Gasteiger partial charge in [0.25, 0.3) is 0 Å². The van der Waals surface area contributed by atoms with Crippen molar-refractivity contribution in [1.82, 2.24) is 4.57 Å². The van der Waals surface area contributed by atoms with E-state index in [0.29, 0.717) is 22.5 Å². The van der Waals surface area contributed by atoms with Crippen molar-refractivity contribution in [1.29, 1.82) is 0 Å². The first-order valence-electron chi connectivity index (χ1n) is 26.2. The standard InChI is InChI=1S/C62H42N2/c1-4-14-43(15-5-1)46-24-32-51(33-25-46)63(52-34-26-47(27-35-52)44-16-6-2-7-17-44)60-41-40-54(56-22-12-13-23-57(56)60)50-31-38-58-59-39-30-49-20-10-11-21-55(49)62(59)64(61(58)42-50)53-36-28-48(29-37-53)45-18-8-3-9-19-45/h1-42H/i1D,2D,4D,5D,6D,7D,14D,15D,16D,17D. The summed E-state index contributed by atoms with van der Waals surface area (Å²) >= 11 is 0. The molecule has 1 aromatic heterocycles. The molecule has 0 bridgehead atoms. The van der Waals surface area contributed by atoms with Gasteiger partial charge in [-0.1, -0.05) is 206 Å². The number of aromatic nitrogens is 1. The molecule has 2 nitrogen and oxygen atoms in total. The van der Waals surface area contributed by atoms with Crippen molar-refractivity contribution in [2.24, 2.45) is 0 Å². The maximum atomic E-state index is 8.67. The molecule has 300 valence electrons. The average molecular weight is 825 g/mol. The van der Waals surface area contributed by atoms with Crippen LogP contribution in [-0.2, 0) is 0 Å². The van der Waals surface area contributed by atoms with Crippen molar-refractivity contribution < 1.29 is 13.7 Å². The summed E-state index contributed by atoms with van der Waals surface area (Å²) < 4.78 is 86.7. The van der Waals surface area contributed by atoms with Gasteiger partial charge in [-0.05, 0) is 104 Å². The van der Waals surface area contributed by atoms with Gasteiger partial charge in [0.2, 0.25) is 0 Å². The lowest BCUT2D eigenvalue weighted by Gasteiger charge is -2.28. The molecule has 0 saturated carbocycles. The van der Waals surface area contributed by atoms with Crippen molar-refractivity contribution >= 4 is 60.4 Å². The fraction of sp³-hybridized carbons (Fsp3) is 0. The molecule has 2 heteroatoms. The third-order valence-corrected chi connectivity index (χ3v) is 12.2. The summed E-state index contributed by atoms with van der Waals surface area (Å²) in [7, 11) is 0. The number of benzene rings is 11. The largest absolute Gasteiger partial charge is 0.310 e. The first-order chi connectivity index (χ1) is 35.9. The molecule has 0 amide bonds. The molecule has 0 saturated heterocycles. The molecule has 0 spiro atoms. The van der Waals surface area contributed by atoms with Crippen LogP contribution < -0.4 is 4.90 Å². The molecule has 0 aliphatic heterocycles. The predicted octanol–water partition coefficient (Wildman–Crippen LogP) is 17.2. The molecule has 0 atom stereocenters. The highest BCUT2D eigenvalue weighted by molar-refractivity contribution is 6.19. The van der Waals surface area contributed by atoms with Gasteiger partial charge in [0.05, 0.1) is 30.4 Å². The van der Waals surface area contributed by atoms with Gasteiger partial charge in [0.15, 0.2) is 0 Å². The van der Waals surface area contributed by atoms with Crippen LogP contribution in [0, 0.1) is 0 Å². The van der Waals surface area contributed by atoms with E-state index in [1.54, 1.807) is 24.3 Å². The maximum Gasteiger partial charge on any atom is 0.0629 e. The van der Waals surface area contributed by atoms with Crippen LogP contribution >= 0.6 is 0 Å².